The number of methoxy groups -OCH3 is 1. The van der Waals surface area contributed by atoms with Crippen molar-refractivity contribution in [3.05, 3.63) is 46.1 Å². The van der Waals surface area contributed by atoms with Crippen molar-refractivity contribution < 1.29 is 13.9 Å². The number of esters is 1. The molecule has 0 unspecified atom stereocenters. The van der Waals surface area contributed by atoms with Crippen molar-refractivity contribution in [2.45, 2.75) is 13.8 Å². The van der Waals surface area contributed by atoms with E-state index in [0.717, 1.165) is 4.88 Å². The molecular formula is C15H15FN2O2S2. The standard InChI is InChI=1S/C15H15FN2O2S2/c1-8-4-5-10(7-12(8)16)17-15(21)18-13-11(14(19)20-3)6-9(2)22-13/h4-7H,1-3H3,(H2,17,18,21). The van der Waals surface area contributed by atoms with Crippen molar-refractivity contribution in [2.24, 2.45) is 0 Å². The van der Waals surface area contributed by atoms with Gasteiger partial charge in [-0.05, 0) is 49.8 Å². The van der Waals surface area contributed by atoms with Gasteiger partial charge >= 0.3 is 5.97 Å². The first-order valence-corrected chi connectivity index (χ1v) is 7.66. The fraction of sp³-hybridized carbons (Fsp3) is 0.200. The molecule has 0 bridgehead atoms. The highest BCUT2D eigenvalue weighted by Gasteiger charge is 2.16. The normalized spacial score (nSPS) is 10.2. The number of rotatable bonds is 3. The minimum Gasteiger partial charge on any atom is -0.465 e. The largest absolute Gasteiger partial charge is 0.465 e. The third kappa shape index (κ3) is 3.80. The summed E-state index contributed by atoms with van der Waals surface area (Å²) in [6, 6.07) is 6.49. The summed E-state index contributed by atoms with van der Waals surface area (Å²) in [7, 11) is 1.32. The highest BCUT2D eigenvalue weighted by Crippen LogP contribution is 2.28. The van der Waals surface area contributed by atoms with Crippen LogP contribution in [0.5, 0.6) is 0 Å². The quantitative estimate of drug-likeness (QED) is 0.652. The Bertz CT molecular complexity index is 728. The average Bonchev–Trinajstić information content (AvgIpc) is 2.82. The summed E-state index contributed by atoms with van der Waals surface area (Å²) >= 11 is 6.58. The molecule has 7 heteroatoms. The van der Waals surface area contributed by atoms with Gasteiger partial charge in [0.2, 0.25) is 0 Å². The van der Waals surface area contributed by atoms with E-state index >= 15 is 0 Å². The lowest BCUT2D eigenvalue weighted by molar-refractivity contribution is 0.0602. The Morgan fingerprint density at radius 1 is 1.27 bits per heavy atom. The Kier molecular flexibility index (Phi) is 5.10. The van der Waals surface area contributed by atoms with Crippen molar-refractivity contribution >= 4 is 45.3 Å². The van der Waals surface area contributed by atoms with Gasteiger partial charge in [-0.2, -0.15) is 0 Å². The van der Waals surface area contributed by atoms with Gasteiger partial charge in [0.15, 0.2) is 5.11 Å². The van der Waals surface area contributed by atoms with Crippen LogP contribution in [0.3, 0.4) is 0 Å². The molecule has 0 aliphatic carbocycles. The molecule has 116 valence electrons. The first kappa shape index (κ1) is 16.4. The first-order chi connectivity index (χ1) is 10.4. The Hall–Kier alpha value is -1.99. The number of thiocarbonyl (C=S) groups is 1. The SMILES string of the molecule is COC(=O)c1cc(C)sc1NC(=S)Nc1ccc(C)c(F)c1. The second-order valence-electron chi connectivity index (χ2n) is 4.63. The van der Waals surface area contributed by atoms with Crippen LogP contribution in [0.15, 0.2) is 24.3 Å². The number of hydrogen-bond acceptors (Lipinski definition) is 4. The third-order valence-corrected chi connectivity index (χ3v) is 4.09. The van der Waals surface area contributed by atoms with Gasteiger partial charge in [-0.25, -0.2) is 9.18 Å². The second-order valence-corrected chi connectivity index (χ2v) is 6.30. The Morgan fingerprint density at radius 3 is 2.64 bits per heavy atom. The van der Waals surface area contributed by atoms with Crippen molar-refractivity contribution in [2.75, 3.05) is 17.7 Å². The van der Waals surface area contributed by atoms with Gasteiger partial charge in [0, 0.05) is 10.6 Å². The zero-order valence-electron chi connectivity index (χ0n) is 12.3. The number of hydrogen-bond donors (Lipinski definition) is 2. The molecule has 0 atom stereocenters. The maximum absolute atomic E-state index is 13.5. The zero-order chi connectivity index (χ0) is 16.3. The number of anilines is 2. The van der Waals surface area contributed by atoms with Gasteiger partial charge in [0.1, 0.15) is 10.8 Å². The van der Waals surface area contributed by atoms with Gasteiger partial charge in [-0.15, -0.1) is 11.3 Å². The van der Waals surface area contributed by atoms with E-state index in [0.29, 0.717) is 21.8 Å². The lowest BCUT2D eigenvalue weighted by atomic mass is 10.2. The molecule has 0 amide bonds. The molecule has 22 heavy (non-hydrogen) atoms. The summed E-state index contributed by atoms with van der Waals surface area (Å²) in [6.45, 7) is 3.57. The van der Waals surface area contributed by atoms with Gasteiger partial charge in [-0.3, -0.25) is 0 Å². The lowest BCUT2D eigenvalue weighted by Crippen LogP contribution is -2.20. The maximum Gasteiger partial charge on any atom is 0.340 e. The number of benzene rings is 1. The molecular weight excluding hydrogens is 323 g/mol. The molecule has 0 aliphatic heterocycles. The molecule has 1 aromatic carbocycles. The predicted molar refractivity (Wildman–Crippen MR) is 91.4 cm³/mol. The van der Waals surface area contributed by atoms with E-state index < -0.39 is 5.97 Å². The Balaban J connectivity index is 2.12. The van der Waals surface area contributed by atoms with Gasteiger partial charge < -0.3 is 15.4 Å². The monoisotopic (exact) mass is 338 g/mol. The van der Waals surface area contributed by atoms with Crippen LogP contribution < -0.4 is 10.6 Å². The van der Waals surface area contributed by atoms with Crippen LogP contribution in [-0.4, -0.2) is 18.2 Å². The Labute approximate surface area is 137 Å². The number of carbonyl (C=O) groups is 1. The molecule has 0 spiro atoms. The number of ether oxygens (including phenoxy) is 1. The second kappa shape index (κ2) is 6.85. The molecule has 0 aliphatic rings. The predicted octanol–water partition coefficient (Wildman–Crippen LogP) is 4.10. The molecule has 4 nitrogen and oxygen atoms in total. The third-order valence-electron chi connectivity index (χ3n) is 2.92. The molecule has 1 heterocycles. The van der Waals surface area contributed by atoms with Crippen LogP contribution in [0, 0.1) is 19.7 Å². The van der Waals surface area contributed by atoms with Gasteiger partial charge in [0.05, 0.1) is 12.7 Å². The molecule has 2 aromatic rings. The summed E-state index contributed by atoms with van der Waals surface area (Å²) in [5, 5.41) is 6.70. The minimum absolute atomic E-state index is 0.273. The van der Waals surface area contributed by atoms with Crippen molar-refractivity contribution in [3.63, 3.8) is 0 Å². The van der Waals surface area contributed by atoms with E-state index in [-0.39, 0.29) is 10.9 Å². The molecule has 0 saturated carbocycles. The molecule has 0 radical (unpaired) electrons. The van der Waals surface area contributed by atoms with E-state index in [2.05, 4.69) is 10.6 Å². The van der Waals surface area contributed by atoms with Crippen molar-refractivity contribution in [3.8, 4) is 0 Å². The summed E-state index contributed by atoms with van der Waals surface area (Å²) in [5.41, 5.74) is 1.52. The van der Waals surface area contributed by atoms with Crippen LogP contribution >= 0.6 is 23.6 Å². The van der Waals surface area contributed by atoms with Crippen LogP contribution in [-0.2, 0) is 4.74 Å². The van der Waals surface area contributed by atoms with Crippen molar-refractivity contribution in [1.29, 1.82) is 0 Å². The molecule has 0 fully saturated rings. The topological polar surface area (TPSA) is 50.4 Å². The van der Waals surface area contributed by atoms with Crippen molar-refractivity contribution in [1.82, 2.24) is 0 Å². The summed E-state index contributed by atoms with van der Waals surface area (Å²) in [5.74, 6) is -0.744. The number of thiophene rings is 1. The highest BCUT2D eigenvalue weighted by molar-refractivity contribution is 7.80. The highest BCUT2D eigenvalue weighted by atomic mass is 32.1. The van der Waals surface area contributed by atoms with E-state index in [1.165, 1.54) is 24.5 Å². The fourth-order valence-electron chi connectivity index (χ4n) is 1.80. The molecule has 0 saturated heterocycles. The fourth-order valence-corrected chi connectivity index (χ4v) is 2.99. The van der Waals surface area contributed by atoms with Crippen LogP contribution in [0.2, 0.25) is 0 Å². The summed E-state index contributed by atoms with van der Waals surface area (Å²) < 4.78 is 18.2. The number of nitrogens with one attached hydrogen (secondary N) is 2. The molecule has 2 rings (SSSR count). The molecule has 1 aromatic heterocycles. The number of aryl methyl sites for hydroxylation is 2. The van der Waals surface area contributed by atoms with E-state index in [4.69, 9.17) is 17.0 Å². The Morgan fingerprint density at radius 2 is 2.00 bits per heavy atom. The van der Waals surface area contributed by atoms with Crippen LogP contribution in [0.25, 0.3) is 0 Å². The maximum atomic E-state index is 13.5. The van der Waals surface area contributed by atoms with Gasteiger partial charge in [-0.1, -0.05) is 6.07 Å². The van der Waals surface area contributed by atoms with E-state index in [1.807, 2.05) is 6.92 Å². The van der Waals surface area contributed by atoms with Crippen LogP contribution in [0.1, 0.15) is 20.8 Å². The number of halogens is 1. The van der Waals surface area contributed by atoms with Gasteiger partial charge in [0.25, 0.3) is 0 Å². The lowest BCUT2D eigenvalue weighted by Gasteiger charge is -2.11. The smallest absolute Gasteiger partial charge is 0.340 e. The minimum atomic E-state index is -0.434. The van der Waals surface area contributed by atoms with E-state index in [9.17, 15) is 9.18 Å². The first-order valence-electron chi connectivity index (χ1n) is 6.43. The molecule has 2 N–H and O–H groups in total. The average molecular weight is 338 g/mol. The zero-order valence-corrected chi connectivity index (χ0v) is 14.0. The number of carbonyl (C=O) groups excluding carboxylic acids is 1. The summed E-state index contributed by atoms with van der Waals surface area (Å²) in [4.78, 5) is 12.7. The van der Waals surface area contributed by atoms with E-state index in [1.54, 1.807) is 25.1 Å². The summed E-state index contributed by atoms with van der Waals surface area (Å²) in [6.07, 6.45) is 0. The van der Waals surface area contributed by atoms with Crippen LogP contribution in [0.4, 0.5) is 15.1 Å².